The van der Waals surface area contributed by atoms with Gasteiger partial charge in [-0.05, 0) is 51.7 Å². The Kier molecular flexibility index (Phi) is 6.03. The first-order valence-corrected chi connectivity index (χ1v) is 6.94. The zero-order valence-corrected chi connectivity index (χ0v) is 12.4. The number of carbonyl (C=O) groups is 1. The lowest BCUT2D eigenvalue weighted by molar-refractivity contribution is -0.121. The Morgan fingerprint density at radius 2 is 2.00 bits per heavy atom. The molecule has 0 aliphatic heterocycles. The largest absolute Gasteiger partial charge is 0.388 e. The van der Waals surface area contributed by atoms with Crippen LogP contribution in [0.2, 0.25) is 0 Å². The maximum absolute atomic E-state index is 11.5. The summed E-state index contributed by atoms with van der Waals surface area (Å²) < 4.78 is 0. The molecule has 1 unspecified atom stereocenters. The summed E-state index contributed by atoms with van der Waals surface area (Å²) >= 11 is 0. The van der Waals surface area contributed by atoms with E-state index in [1.807, 2.05) is 45.9 Å². The lowest BCUT2D eigenvalue weighted by Crippen LogP contribution is -2.29. The van der Waals surface area contributed by atoms with Crippen LogP contribution in [0.5, 0.6) is 0 Å². The van der Waals surface area contributed by atoms with Crippen LogP contribution in [0.4, 0.5) is 0 Å². The highest BCUT2D eigenvalue weighted by Crippen LogP contribution is 2.23. The van der Waals surface area contributed by atoms with Crippen molar-refractivity contribution in [1.82, 2.24) is 5.32 Å². The van der Waals surface area contributed by atoms with Crippen LogP contribution in [0.1, 0.15) is 55.9 Å². The van der Waals surface area contributed by atoms with Crippen LogP contribution in [0.3, 0.4) is 0 Å². The summed E-state index contributed by atoms with van der Waals surface area (Å²) in [5, 5.41) is 13.0. The lowest BCUT2D eigenvalue weighted by atomic mass is 9.97. The Morgan fingerprint density at radius 3 is 2.63 bits per heavy atom. The van der Waals surface area contributed by atoms with E-state index in [1.54, 1.807) is 0 Å². The fourth-order valence-corrected chi connectivity index (χ4v) is 2.12. The molecule has 19 heavy (non-hydrogen) atoms. The van der Waals surface area contributed by atoms with Gasteiger partial charge in [0.15, 0.2) is 0 Å². The molecule has 1 amide bonds. The first kappa shape index (κ1) is 15.7. The van der Waals surface area contributed by atoms with Crippen molar-refractivity contribution < 1.29 is 9.90 Å². The average molecular weight is 263 g/mol. The van der Waals surface area contributed by atoms with E-state index < -0.39 is 6.10 Å². The molecule has 0 heterocycles. The number of aryl methyl sites for hydroxylation is 2. The molecule has 0 aliphatic rings. The maximum Gasteiger partial charge on any atom is 0.220 e. The smallest absolute Gasteiger partial charge is 0.220 e. The molecule has 0 spiro atoms. The Hall–Kier alpha value is -1.35. The molecule has 1 aromatic rings. The van der Waals surface area contributed by atoms with Gasteiger partial charge in [0.25, 0.3) is 0 Å². The van der Waals surface area contributed by atoms with Crippen LogP contribution in [-0.4, -0.2) is 17.1 Å². The van der Waals surface area contributed by atoms with Gasteiger partial charge in [0.2, 0.25) is 5.91 Å². The molecule has 2 N–H and O–H groups in total. The minimum absolute atomic E-state index is 0.0585. The fourth-order valence-electron chi connectivity index (χ4n) is 2.12. The quantitative estimate of drug-likeness (QED) is 0.829. The summed E-state index contributed by atoms with van der Waals surface area (Å²) in [6.45, 7) is 7.92. The number of hydrogen-bond acceptors (Lipinski definition) is 2. The van der Waals surface area contributed by atoms with Gasteiger partial charge in [-0.1, -0.05) is 23.8 Å². The summed E-state index contributed by atoms with van der Waals surface area (Å²) in [7, 11) is 0. The average Bonchev–Trinajstić information content (AvgIpc) is 2.31. The third-order valence-corrected chi connectivity index (χ3v) is 3.12. The van der Waals surface area contributed by atoms with E-state index >= 15 is 0 Å². The lowest BCUT2D eigenvalue weighted by Gasteiger charge is -2.15. The van der Waals surface area contributed by atoms with Crippen molar-refractivity contribution in [3.05, 3.63) is 34.9 Å². The van der Waals surface area contributed by atoms with Gasteiger partial charge in [-0.3, -0.25) is 4.79 Å². The van der Waals surface area contributed by atoms with Crippen molar-refractivity contribution >= 4 is 5.91 Å². The van der Waals surface area contributed by atoms with E-state index in [-0.39, 0.29) is 11.9 Å². The van der Waals surface area contributed by atoms with Crippen LogP contribution in [0.25, 0.3) is 0 Å². The van der Waals surface area contributed by atoms with Crippen LogP contribution in [0, 0.1) is 13.8 Å². The number of amides is 1. The van der Waals surface area contributed by atoms with Gasteiger partial charge in [0, 0.05) is 12.5 Å². The molecule has 0 aliphatic carbocycles. The van der Waals surface area contributed by atoms with E-state index in [0.717, 1.165) is 16.7 Å². The molecule has 1 atom stereocenters. The molecular formula is C16H25NO2. The molecule has 0 fully saturated rings. The van der Waals surface area contributed by atoms with E-state index in [9.17, 15) is 9.90 Å². The van der Waals surface area contributed by atoms with Crippen molar-refractivity contribution in [2.45, 2.75) is 59.1 Å². The van der Waals surface area contributed by atoms with E-state index in [2.05, 4.69) is 5.32 Å². The molecular weight excluding hydrogens is 238 g/mol. The Balaban J connectivity index is 2.45. The Labute approximate surface area is 116 Å². The SMILES string of the molecule is Cc1ccc(C)c(C(O)CCCC(=O)NC(C)C)c1. The van der Waals surface area contributed by atoms with Crippen LogP contribution in [-0.2, 0) is 4.79 Å². The zero-order valence-electron chi connectivity index (χ0n) is 12.4. The highest BCUT2D eigenvalue weighted by atomic mass is 16.3. The number of rotatable bonds is 6. The second-order valence-electron chi connectivity index (χ2n) is 5.49. The molecule has 1 aromatic carbocycles. The van der Waals surface area contributed by atoms with E-state index in [4.69, 9.17) is 0 Å². The number of aliphatic hydroxyl groups is 1. The molecule has 0 aromatic heterocycles. The standard InChI is InChI=1S/C16H25NO2/c1-11(2)17-16(19)7-5-6-15(18)14-10-12(3)8-9-13(14)4/h8-11,15,18H,5-7H2,1-4H3,(H,17,19). The summed E-state index contributed by atoms with van der Waals surface area (Å²) in [5.41, 5.74) is 3.23. The number of nitrogens with one attached hydrogen (secondary N) is 1. The summed E-state index contributed by atoms with van der Waals surface area (Å²) in [6, 6.07) is 6.27. The first-order chi connectivity index (χ1) is 8.90. The van der Waals surface area contributed by atoms with Crippen LogP contribution < -0.4 is 5.32 Å². The predicted octanol–water partition coefficient (Wildman–Crippen LogP) is 3.03. The monoisotopic (exact) mass is 263 g/mol. The predicted molar refractivity (Wildman–Crippen MR) is 78.0 cm³/mol. The highest BCUT2D eigenvalue weighted by Gasteiger charge is 2.11. The van der Waals surface area contributed by atoms with Gasteiger partial charge in [0.1, 0.15) is 0 Å². The molecule has 0 saturated carbocycles. The summed E-state index contributed by atoms with van der Waals surface area (Å²) in [4.78, 5) is 11.5. The molecule has 3 nitrogen and oxygen atoms in total. The third-order valence-electron chi connectivity index (χ3n) is 3.12. The normalized spacial score (nSPS) is 12.5. The molecule has 106 valence electrons. The highest BCUT2D eigenvalue weighted by molar-refractivity contribution is 5.76. The zero-order chi connectivity index (χ0) is 14.4. The molecule has 3 heteroatoms. The van der Waals surface area contributed by atoms with Crippen molar-refractivity contribution in [3.63, 3.8) is 0 Å². The first-order valence-electron chi connectivity index (χ1n) is 6.94. The van der Waals surface area contributed by atoms with Gasteiger partial charge < -0.3 is 10.4 Å². The second-order valence-corrected chi connectivity index (χ2v) is 5.49. The topological polar surface area (TPSA) is 49.3 Å². The van der Waals surface area contributed by atoms with E-state index in [0.29, 0.717) is 19.3 Å². The number of hydrogen-bond donors (Lipinski definition) is 2. The molecule has 1 rings (SSSR count). The Bertz CT molecular complexity index is 427. The Morgan fingerprint density at radius 1 is 1.32 bits per heavy atom. The number of carbonyl (C=O) groups excluding carboxylic acids is 1. The second kappa shape index (κ2) is 7.29. The van der Waals surface area contributed by atoms with Crippen LogP contribution >= 0.6 is 0 Å². The van der Waals surface area contributed by atoms with Gasteiger partial charge in [-0.15, -0.1) is 0 Å². The summed E-state index contributed by atoms with van der Waals surface area (Å²) in [5.74, 6) is 0.0585. The van der Waals surface area contributed by atoms with Gasteiger partial charge >= 0.3 is 0 Å². The minimum Gasteiger partial charge on any atom is -0.388 e. The van der Waals surface area contributed by atoms with E-state index in [1.165, 1.54) is 0 Å². The van der Waals surface area contributed by atoms with Crippen molar-refractivity contribution in [1.29, 1.82) is 0 Å². The summed E-state index contributed by atoms with van der Waals surface area (Å²) in [6.07, 6.45) is 1.31. The molecule has 0 radical (unpaired) electrons. The molecule has 0 saturated heterocycles. The van der Waals surface area contributed by atoms with Crippen molar-refractivity contribution in [2.24, 2.45) is 0 Å². The third kappa shape index (κ3) is 5.43. The maximum atomic E-state index is 11.5. The minimum atomic E-state index is -0.480. The fraction of sp³-hybridized carbons (Fsp3) is 0.562. The molecule has 0 bridgehead atoms. The number of benzene rings is 1. The van der Waals surface area contributed by atoms with Gasteiger partial charge in [-0.2, -0.15) is 0 Å². The van der Waals surface area contributed by atoms with Gasteiger partial charge in [0.05, 0.1) is 6.10 Å². The van der Waals surface area contributed by atoms with Gasteiger partial charge in [-0.25, -0.2) is 0 Å². The number of aliphatic hydroxyl groups excluding tert-OH is 1. The van der Waals surface area contributed by atoms with Crippen molar-refractivity contribution in [3.8, 4) is 0 Å². The van der Waals surface area contributed by atoms with Crippen LogP contribution in [0.15, 0.2) is 18.2 Å². The van der Waals surface area contributed by atoms with Crippen molar-refractivity contribution in [2.75, 3.05) is 0 Å².